The lowest BCUT2D eigenvalue weighted by Crippen LogP contribution is -2.47. The molecule has 1 aromatic carbocycles. The van der Waals surface area contributed by atoms with Crippen molar-refractivity contribution in [2.24, 2.45) is 5.41 Å². The molecule has 3 aromatic rings. The van der Waals surface area contributed by atoms with Gasteiger partial charge in [0.2, 0.25) is 17.4 Å². The monoisotopic (exact) mass is 772 g/mol. The van der Waals surface area contributed by atoms with Crippen LogP contribution in [0.4, 0.5) is 11.5 Å². The van der Waals surface area contributed by atoms with Gasteiger partial charge in [0.15, 0.2) is 3.83 Å². The molecule has 2 aliphatic rings. The van der Waals surface area contributed by atoms with Crippen LogP contribution in [0.5, 0.6) is 0 Å². The van der Waals surface area contributed by atoms with Gasteiger partial charge in [0.05, 0.1) is 17.8 Å². The van der Waals surface area contributed by atoms with Crippen LogP contribution in [0, 0.1) is 21.6 Å². The van der Waals surface area contributed by atoms with Crippen LogP contribution in [0.25, 0.3) is 11.1 Å². The molecule has 44 heavy (non-hydrogen) atoms. The lowest BCUT2D eigenvalue weighted by molar-refractivity contribution is -0.132. The van der Waals surface area contributed by atoms with Gasteiger partial charge in [-0.3, -0.25) is 20.4 Å². The summed E-state index contributed by atoms with van der Waals surface area (Å²) in [5.41, 5.74) is 4.74. The average molecular weight is 773 g/mol. The van der Waals surface area contributed by atoms with Gasteiger partial charge >= 0.3 is 0 Å². The topological polar surface area (TPSA) is 153 Å². The third-order valence-corrected chi connectivity index (χ3v) is 9.32. The predicted octanol–water partition coefficient (Wildman–Crippen LogP) is 3.29. The number of amides is 1. The number of amidine groups is 1. The van der Waals surface area contributed by atoms with E-state index in [-0.39, 0.29) is 35.4 Å². The molecule has 11 nitrogen and oxygen atoms in total. The highest BCUT2D eigenvalue weighted by Gasteiger charge is 2.63. The first-order chi connectivity index (χ1) is 20.8. The van der Waals surface area contributed by atoms with Crippen molar-refractivity contribution in [3.8, 4) is 11.1 Å². The Morgan fingerprint density at radius 1 is 1.20 bits per heavy atom. The van der Waals surface area contributed by atoms with Crippen molar-refractivity contribution < 1.29 is 15.0 Å². The van der Waals surface area contributed by atoms with E-state index >= 15 is 0 Å². The van der Waals surface area contributed by atoms with E-state index in [4.69, 9.17) is 10.8 Å². The standard InChI is InChI=1S/C31H35BrIN9O2/c1-16-6-7-24(32)39-28(16)40-29(44)22-10-31(3)11-23(31)42(22)25(34)14-36-27-19(15-41(4)5)8-18(9-21(27)26(35)17(2)43)20-12-37-30(33)38-13-20/h6-9,12-13,22-23,34-36H,10-11,14-15H2,1-5H3,(H,39,40,44)/p+1/t22-,23+,31-/m0/s1. The van der Waals surface area contributed by atoms with Crippen molar-refractivity contribution in [1.82, 2.24) is 24.8 Å². The summed E-state index contributed by atoms with van der Waals surface area (Å²) in [5, 5.41) is 22.0. The number of carbonyl (C=O) groups excluding carboxylic acids is 2. The lowest BCUT2D eigenvalue weighted by atomic mass is 9.94. The summed E-state index contributed by atoms with van der Waals surface area (Å²) in [5.74, 6) is 0.376. The highest BCUT2D eigenvalue weighted by atomic mass is 127. The van der Waals surface area contributed by atoms with E-state index in [1.165, 1.54) is 6.92 Å². The molecule has 0 bridgehead atoms. The van der Waals surface area contributed by atoms with Gasteiger partial charge in [0.1, 0.15) is 22.3 Å². The number of nitrogens with one attached hydrogen (secondary N) is 3. The molecule has 5 N–H and O–H groups in total. The van der Waals surface area contributed by atoms with Crippen LogP contribution < -0.4 is 16.0 Å². The minimum Gasteiger partial charge on any atom is -0.377 e. The Kier molecular flexibility index (Phi) is 9.19. The van der Waals surface area contributed by atoms with Crippen molar-refractivity contribution >= 4 is 73.3 Å². The quantitative estimate of drug-likeness (QED) is 0.0806. The van der Waals surface area contributed by atoms with E-state index in [0.29, 0.717) is 44.3 Å². The fourth-order valence-electron chi connectivity index (χ4n) is 5.89. The Balaban J connectivity index is 1.44. The van der Waals surface area contributed by atoms with Crippen molar-refractivity contribution in [3.05, 3.63) is 61.8 Å². The van der Waals surface area contributed by atoms with E-state index in [1.54, 1.807) is 12.4 Å². The number of hydrogen-bond acceptors (Lipinski definition) is 8. The van der Waals surface area contributed by atoms with Gasteiger partial charge in [-0.1, -0.05) is 13.0 Å². The SMILES string of the molecule is CC(=O)C(=[NH2+])c1cc(-c2cnc(I)nc2)cc(CN(C)C)c1NCC(=N)N1[C@H](C(=O)Nc2nc(Br)ccc2C)C[C@@]2(C)C[C@@H]12. The van der Waals surface area contributed by atoms with Crippen molar-refractivity contribution in [1.29, 1.82) is 5.41 Å². The number of halogens is 2. The number of aryl methyl sites for hydroxylation is 1. The molecule has 0 unspecified atom stereocenters. The number of anilines is 2. The van der Waals surface area contributed by atoms with Crippen LogP contribution in [0.2, 0.25) is 0 Å². The first-order valence-electron chi connectivity index (χ1n) is 14.2. The summed E-state index contributed by atoms with van der Waals surface area (Å²) in [7, 11) is 3.93. The van der Waals surface area contributed by atoms with Gasteiger partial charge < -0.3 is 20.4 Å². The van der Waals surface area contributed by atoms with Crippen LogP contribution in [0.1, 0.15) is 43.4 Å². The largest absolute Gasteiger partial charge is 0.377 e. The molecule has 1 saturated heterocycles. The molecular weight excluding hydrogens is 737 g/mol. The minimum absolute atomic E-state index is 0.0145. The first kappa shape index (κ1) is 32.1. The number of fused-ring (bicyclic) bond motifs is 1. The summed E-state index contributed by atoms with van der Waals surface area (Å²) in [6, 6.07) is 7.25. The molecule has 5 rings (SSSR count). The number of nitrogens with two attached hydrogens (primary N) is 1. The first-order valence-corrected chi connectivity index (χ1v) is 16.1. The number of hydrogen-bond donors (Lipinski definition) is 4. The summed E-state index contributed by atoms with van der Waals surface area (Å²) in [4.78, 5) is 43.2. The lowest BCUT2D eigenvalue weighted by Gasteiger charge is -2.30. The minimum atomic E-state index is -0.494. The molecule has 0 radical (unpaired) electrons. The Morgan fingerprint density at radius 3 is 2.57 bits per heavy atom. The number of Topliss-reactive ketones (excluding diaryl/α,β-unsaturated/α-hetero) is 1. The number of rotatable bonds is 10. The van der Waals surface area contributed by atoms with Crippen LogP contribution in [-0.2, 0) is 16.1 Å². The fourth-order valence-corrected chi connectivity index (χ4v) is 6.48. The number of benzene rings is 1. The zero-order valence-corrected chi connectivity index (χ0v) is 29.1. The average Bonchev–Trinajstić information content (AvgIpc) is 3.52. The summed E-state index contributed by atoms with van der Waals surface area (Å²) < 4.78 is 1.27. The molecule has 2 fully saturated rings. The number of piperidine rings is 1. The van der Waals surface area contributed by atoms with Crippen LogP contribution in [-0.4, -0.2) is 80.7 Å². The maximum absolute atomic E-state index is 13.6. The third-order valence-electron chi connectivity index (χ3n) is 8.32. The van der Waals surface area contributed by atoms with Gasteiger partial charge in [-0.25, -0.2) is 15.0 Å². The number of likely N-dealkylation sites (tertiary alicyclic amines) is 1. The van der Waals surface area contributed by atoms with Crippen LogP contribution >= 0.6 is 38.5 Å². The molecule has 1 aliphatic heterocycles. The Labute approximate surface area is 278 Å². The number of pyridine rings is 1. The van der Waals surface area contributed by atoms with Gasteiger partial charge in [0.25, 0.3) is 0 Å². The second-order valence-corrected chi connectivity index (χ2v) is 13.9. The van der Waals surface area contributed by atoms with E-state index in [9.17, 15) is 9.59 Å². The molecular formula is C31H36BrIN9O2+. The maximum Gasteiger partial charge on any atom is 0.249 e. The second kappa shape index (κ2) is 12.6. The Morgan fingerprint density at radius 2 is 1.91 bits per heavy atom. The summed E-state index contributed by atoms with van der Waals surface area (Å²) >= 11 is 5.44. The highest BCUT2D eigenvalue weighted by Crippen LogP contribution is 2.59. The van der Waals surface area contributed by atoms with Crippen molar-refractivity contribution in [2.45, 2.75) is 52.2 Å². The molecule has 2 aromatic heterocycles. The van der Waals surface area contributed by atoms with Gasteiger partial charge in [-0.05, 0) is 90.1 Å². The van der Waals surface area contributed by atoms with Gasteiger partial charge in [-0.2, -0.15) is 0 Å². The number of carbonyl (C=O) groups is 2. The molecule has 0 spiro atoms. The number of aromatic nitrogens is 3. The normalized spacial score (nSPS) is 20.3. The molecule has 1 saturated carbocycles. The second-order valence-electron chi connectivity index (χ2n) is 12.1. The van der Waals surface area contributed by atoms with Crippen molar-refractivity contribution in [2.75, 3.05) is 31.3 Å². The highest BCUT2D eigenvalue weighted by molar-refractivity contribution is 14.1. The van der Waals surface area contributed by atoms with Gasteiger partial charge in [-0.15, -0.1) is 0 Å². The van der Waals surface area contributed by atoms with Crippen LogP contribution in [0.15, 0.2) is 41.3 Å². The summed E-state index contributed by atoms with van der Waals surface area (Å²) in [6.07, 6.45) is 5.09. The van der Waals surface area contributed by atoms with E-state index in [2.05, 4.69) is 71.0 Å². The van der Waals surface area contributed by atoms with Crippen molar-refractivity contribution in [3.63, 3.8) is 0 Å². The molecule has 1 amide bonds. The zero-order chi connectivity index (χ0) is 31.9. The fraction of sp³-hybridized carbons (Fsp3) is 0.387. The maximum atomic E-state index is 13.6. The molecule has 3 heterocycles. The number of ketones is 1. The van der Waals surface area contributed by atoms with E-state index < -0.39 is 6.04 Å². The van der Waals surface area contributed by atoms with Gasteiger partial charge in [0, 0.05) is 60.1 Å². The molecule has 1 aliphatic carbocycles. The van der Waals surface area contributed by atoms with Crippen LogP contribution in [0.3, 0.4) is 0 Å². The van der Waals surface area contributed by atoms with E-state index in [0.717, 1.165) is 28.7 Å². The molecule has 13 heteroatoms. The Hall–Kier alpha value is -3.30. The Bertz CT molecular complexity index is 1660. The smallest absolute Gasteiger partial charge is 0.249 e. The molecule has 230 valence electrons. The molecule has 3 atom stereocenters. The summed E-state index contributed by atoms with van der Waals surface area (Å²) in [6.45, 7) is 6.22. The zero-order valence-electron chi connectivity index (χ0n) is 25.3. The van der Waals surface area contributed by atoms with E-state index in [1.807, 2.05) is 55.1 Å². The third kappa shape index (κ3) is 6.69. The predicted molar refractivity (Wildman–Crippen MR) is 183 cm³/mol. The number of nitrogens with zero attached hydrogens (tertiary/aromatic N) is 5.